The SMILES string of the molecule is C=CCNc1nc(C)cc(Nc2ccccc2C(=O)OC)n1. The zero-order valence-corrected chi connectivity index (χ0v) is 12.6. The van der Waals surface area contributed by atoms with Gasteiger partial charge in [0.2, 0.25) is 5.95 Å². The van der Waals surface area contributed by atoms with Gasteiger partial charge in [-0.05, 0) is 19.1 Å². The first-order chi connectivity index (χ1) is 10.6. The van der Waals surface area contributed by atoms with Crippen LogP contribution in [0.25, 0.3) is 0 Å². The van der Waals surface area contributed by atoms with Crippen LogP contribution in [-0.2, 0) is 4.74 Å². The summed E-state index contributed by atoms with van der Waals surface area (Å²) in [7, 11) is 1.35. The Kier molecular flexibility index (Phi) is 5.08. The largest absolute Gasteiger partial charge is 0.465 e. The summed E-state index contributed by atoms with van der Waals surface area (Å²) in [5.74, 6) is 0.687. The number of esters is 1. The number of ether oxygens (including phenoxy) is 1. The van der Waals surface area contributed by atoms with E-state index in [0.717, 1.165) is 5.69 Å². The number of anilines is 3. The predicted molar refractivity (Wildman–Crippen MR) is 86.5 cm³/mol. The van der Waals surface area contributed by atoms with Gasteiger partial charge in [-0.3, -0.25) is 0 Å². The average Bonchev–Trinajstić information content (AvgIpc) is 2.52. The van der Waals surface area contributed by atoms with Crippen molar-refractivity contribution in [3.05, 3.63) is 54.2 Å². The third-order valence-corrected chi connectivity index (χ3v) is 2.85. The fraction of sp³-hybridized carbons (Fsp3) is 0.188. The Hall–Kier alpha value is -2.89. The van der Waals surface area contributed by atoms with Gasteiger partial charge in [0.1, 0.15) is 5.82 Å². The molecule has 0 radical (unpaired) electrons. The zero-order chi connectivity index (χ0) is 15.9. The van der Waals surface area contributed by atoms with Gasteiger partial charge in [-0.1, -0.05) is 18.2 Å². The minimum Gasteiger partial charge on any atom is -0.465 e. The number of aromatic nitrogens is 2. The van der Waals surface area contributed by atoms with E-state index in [4.69, 9.17) is 4.74 Å². The van der Waals surface area contributed by atoms with Gasteiger partial charge in [0.15, 0.2) is 0 Å². The van der Waals surface area contributed by atoms with Gasteiger partial charge in [-0.15, -0.1) is 6.58 Å². The van der Waals surface area contributed by atoms with Crippen molar-refractivity contribution in [3.63, 3.8) is 0 Å². The summed E-state index contributed by atoms with van der Waals surface area (Å²) < 4.78 is 4.78. The first-order valence-electron chi connectivity index (χ1n) is 6.79. The number of nitrogens with one attached hydrogen (secondary N) is 2. The van der Waals surface area contributed by atoms with Crippen molar-refractivity contribution in [1.29, 1.82) is 0 Å². The molecule has 1 heterocycles. The highest BCUT2D eigenvalue weighted by atomic mass is 16.5. The number of aryl methyl sites for hydroxylation is 1. The number of rotatable bonds is 6. The van der Waals surface area contributed by atoms with E-state index >= 15 is 0 Å². The van der Waals surface area contributed by atoms with Crippen LogP contribution in [0.1, 0.15) is 16.1 Å². The summed E-state index contributed by atoms with van der Waals surface area (Å²) >= 11 is 0. The van der Waals surface area contributed by atoms with Crippen LogP contribution in [0.4, 0.5) is 17.5 Å². The molecule has 6 nitrogen and oxygen atoms in total. The Morgan fingerprint density at radius 3 is 2.86 bits per heavy atom. The van der Waals surface area contributed by atoms with E-state index in [-0.39, 0.29) is 0 Å². The summed E-state index contributed by atoms with van der Waals surface area (Å²) in [5, 5.41) is 6.17. The second kappa shape index (κ2) is 7.21. The number of hydrogen-bond donors (Lipinski definition) is 2. The Balaban J connectivity index is 2.29. The van der Waals surface area contributed by atoms with Gasteiger partial charge < -0.3 is 15.4 Å². The molecular formula is C16H18N4O2. The topological polar surface area (TPSA) is 76.1 Å². The molecular weight excluding hydrogens is 280 g/mol. The molecule has 6 heteroatoms. The molecule has 0 saturated heterocycles. The fourth-order valence-corrected chi connectivity index (χ4v) is 1.89. The Labute approximate surface area is 129 Å². The second-order valence-electron chi connectivity index (χ2n) is 4.55. The first-order valence-corrected chi connectivity index (χ1v) is 6.79. The maximum Gasteiger partial charge on any atom is 0.339 e. The highest BCUT2D eigenvalue weighted by Crippen LogP contribution is 2.21. The molecule has 0 aliphatic heterocycles. The standard InChI is InChI=1S/C16H18N4O2/c1-4-9-17-16-18-11(2)10-14(20-16)19-13-8-6-5-7-12(13)15(21)22-3/h4-8,10H,1,9H2,2-3H3,(H2,17,18,19,20). The Bertz CT molecular complexity index is 686. The predicted octanol–water partition coefficient (Wildman–Crippen LogP) is 2.91. The summed E-state index contributed by atoms with van der Waals surface area (Å²) in [5.41, 5.74) is 1.88. The summed E-state index contributed by atoms with van der Waals surface area (Å²) in [6.45, 7) is 6.09. The highest BCUT2D eigenvalue weighted by Gasteiger charge is 2.12. The number of benzene rings is 1. The maximum absolute atomic E-state index is 11.8. The van der Waals surface area contributed by atoms with Crippen LogP contribution in [-0.4, -0.2) is 29.6 Å². The number of para-hydroxylation sites is 1. The van der Waals surface area contributed by atoms with Crippen molar-refractivity contribution in [3.8, 4) is 0 Å². The van der Waals surface area contributed by atoms with Crippen LogP contribution in [0.2, 0.25) is 0 Å². The summed E-state index contributed by atoms with van der Waals surface area (Å²) in [6.07, 6.45) is 1.73. The van der Waals surface area contributed by atoms with E-state index in [0.29, 0.717) is 29.6 Å². The van der Waals surface area contributed by atoms with E-state index in [9.17, 15) is 4.79 Å². The molecule has 2 aromatic rings. The lowest BCUT2D eigenvalue weighted by Gasteiger charge is -2.11. The van der Waals surface area contributed by atoms with Gasteiger partial charge in [-0.2, -0.15) is 4.98 Å². The van der Waals surface area contributed by atoms with E-state index in [2.05, 4.69) is 27.2 Å². The Morgan fingerprint density at radius 1 is 1.36 bits per heavy atom. The lowest BCUT2D eigenvalue weighted by molar-refractivity contribution is 0.0602. The number of methoxy groups -OCH3 is 1. The molecule has 22 heavy (non-hydrogen) atoms. The molecule has 0 spiro atoms. The van der Waals surface area contributed by atoms with E-state index < -0.39 is 5.97 Å². The lowest BCUT2D eigenvalue weighted by atomic mass is 10.2. The molecule has 0 aliphatic rings. The minimum atomic E-state index is -0.404. The van der Waals surface area contributed by atoms with Gasteiger partial charge in [0.25, 0.3) is 0 Å². The van der Waals surface area contributed by atoms with Gasteiger partial charge in [0.05, 0.1) is 18.4 Å². The van der Waals surface area contributed by atoms with E-state index in [1.807, 2.05) is 13.0 Å². The number of carbonyl (C=O) groups is 1. The lowest BCUT2D eigenvalue weighted by Crippen LogP contribution is -2.08. The quantitative estimate of drug-likeness (QED) is 0.631. The first kappa shape index (κ1) is 15.5. The normalized spacial score (nSPS) is 9.91. The third kappa shape index (κ3) is 3.82. The van der Waals surface area contributed by atoms with Gasteiger partial charge in [0, 0.05) is 18.3 Å². The number of nitrogens with zero attached hydrogens (tertiary/aromatic N) is 2. The Morgan fingerprint density at radius 2 is 2.14 bits per heavy atom. The molecule has 2 rings (SSSR count). The van der Waals surface area contributed by atoms with Crippen molar-refractivity contribution >= 4 is 23.4 Å². The smallest absolute Gasteiger partial charge is 0.339 e. The number of carbonyl (C=O) groups excluding carboxylic acids is 1. The van der Waals surface area contributed by atoms with Crippen LogP contribution in [0.5, 0.6) is 0 Å². The summed E-state index contributed by atoms with van der Waals surface area (Å²) in [6, 6.07) is 8.90. The van der Waals surface area contributed by atoms with Crippen LogP contribution < -0.4 is 10.6 Å². The van der Waals surface area contributed by atoms with Crippen LogP contribution in [0.15, 0.2) is 43.0 Å². The number of hydrogen-bond acceptors (Lipinski definition) is 6. The van der Waals surface area contributed by atoms with Crippen molar-refractivity contribution < 1.29 is 9.53 Å². The van der Waals surface area contributed by atoms with Crippen molar-refractivity contribution in [2.45, 2.75) is 6.92 Å². The molecule has 2 N–H and O–H groups in total. The van der Waals surface area contributed by atoms with Crippen molar-refractivity contribution in [2.75, 3.05) is 24.3 Å². The molecule has 0 atom stereocenters. The molecule has 0 aliphatic carbocycles. The second-order valence-corrected chi connectivity index (χ2v) is 4.55. The van der Waals surface area contributed by atoms with Crippen LogP contribution in [0.3, 0.4) is 0 Å². The maximum atomic E-state index is 11.8. The van der Waals surface area contributed by atoms with Crippen LogP contribution in [0, 0.1) is 6.92 Å². The molecule has 1 aromatic carbocycles. The average molecular weight is 298 g/mol. The zero-order valence-electron chi connectivity index (χ0n) is 12.6. The highest BCUT2D eigenvalue weighted by molar-refractivity contribution is 5.96. The monoisotopic (exact) mass is 298 g/mol. The minimum absolute atomic E-state index is 0.404. The molecule has 0 bridgehead atoms. The summed E-state index contributed by atoms with van der Waals surface area (Å²) in [4.78, 5) is 20.4. The van der Waals surface area contributed by atoms with Crippen molar-refractivity contribution in [2.24, 2.45) is 0 Å². The molecule has 0 unspecified atom stereocenters. The third-order valence-electron chi connectivity index (χ3n) is 2.85. The molecule has 0 amide bonds. The van der Waals surface area contributed by atoms with E-state index in [1.54, 1.807) is 30.3 Å². The molecule has 0 fully saturated rings. The molecule has 0 saturated carbocycles. The van der Waals surface area contributed by atoms with Crippen molar-refractivity contribution in [1.82, 2.24) is 9.97 Å². The fourth-order valence-electron chi connectivity index (χ4n) is 1.89. The molecule has 1 aromatic heterocycles. The van der Waals surface area contributed by atoms with E-state index in [1.165, 1.54) is 7.11 Å². The molecule has 114 valence electrons. The van der Waals surface area contributed by atoms with Gasteiger partial charge >= 0.3 is 5.97 Å². The van der Waals surface area contributed by atoms with Crippen LogP contribution >= 0.6 is 0 Å². The van der Waals surface area contributed by atoms with Gasteiger partial charge in [-0.25, -0.2) is 9.78 Å².